The first-order chi connectivity index (χ1) is 9.16. The Bertz CT molecular complexity index is 555. The average Bonchev–Trinajstić information content (AvgIpc) is 3.00. The standard InChI is InChI=1S/C14H18N4O/c1-14(5-2-6-19-14)9-18-10-16-8-12(18)11-3-4-13(15)17-7-11/h3-4,7-8,10H,2,5-6,9H2,1H3,(H2,15,17). The molecule has 2 aromatic heterocycles. The molecule has 0 saturated carbocycles. The second kappa shape index (κ2) is 4.66. The van der Waals surface area contributed by atoms with Crippen LogP contribution in [-0.4, -0.2) is 26.7 Å². The summed E-state index contributed by atoms with van der Waals surface area (Å²) < 4.78 is 7.96. The highest BCUT2D eigenvalue weighted by Gasteiger charge is 2.30. The quantitative estimate of drug-likeness (QED) is 0.915. The van der Waals surface area contributed by atoms with Crippen LogP contribution in [0.4, 0.5) is 5.82 Å². The molecule has 0 aliphatic carbocycles. The summed E-state index contributed by atoms with van der Waals surface area (Å²) in [7, 11) is 0. The van der Waals surface area contributed by atoms with Crippen molar-refractivity contribution in [1.29, 1.82) is 0 Å². The molecule has 1 fully saturated rings. The molecule has 2 aromatic rings. The Balaban J connectivity index is 1.88. The maximum Gasteiger partial charge on any atom is 0.123 e. The van der Waals surface area contributed by atoms with Crippen LogP contribution in [0.1, 0.15) is 19.8 Å². The molecule has 1 aliphatic heterocycles. The van der Waals surface area contributed by atoms with Gasteiger partial charge < -0.3 is 15.0 Å². The largest absolute Gasteiger partial charge is 0.384 e. The summed E-state index contributed by atoms with van der Waals surface area (Å²) in [5.41, 5.74) is 7.60. The third kappa shape index (κ3) is 2.46. The number of hydrogen-bond acceptors (Lipinski definition) is 4. The molecule has 1 aliphatic rings. The summed E-state index contributed by atoms with van der Waals surface area (Å²) in [4.78, 5) is 8.37. The lowest BCUT2D eigenvalue weighted by Gasteiger charge is -2.24. The van der Waals surface area contributed by atoms with E-state index in [1.54, 1.807) is 12.3 Å². The van der Waals surface area contributed by atoms with Gasteiger partial charge in [0.2, 0.25) is 0 Å². The minimum Gasteiger partial charge on any atom is -0.384 e. The van der Waals surface area contributed by atoms with Crippen molar-refractivity contribution in [3.05, 3.63) is 30.9 Å². The minimum absolute atomic E-state index is 0.0866. The Kier molecular flexibility index (Phi) is 2.98. The first-order valence-corrected chi connectivity index (χ1v) is 6.52. The minimum atomic E-state index is -0.0866. The number of anilines is 1. The van der Waals surface area contributed by atoms with E-state index in [4.69, 9.17) is 10.5 Å². The number of rotatable bonds is 3. The lowest BCUT2D eigenvalue weighted by Crippen LogP contribution is -2.29. The summed E-state index contributed by atoms with van der Waals surface area (Å²) in [6.45, 7) is 3.82. The van der Waals surface area contributed by atoms with Crippen LogP contribution in [0.3, 0.4) is 0 Å². The maximum atomic E-state index is 5.84. The van der Waals surface area contributed by atoms with Gasteiger partial charge in [-0.2, -0.15) is 0 Å². The number of nitrogens with zero attached hydrogens (tertiary/aromatic N) is 3. The van der Waals surface area contributed by atoms with E-state index in [1.165, 1.54) is 0 Å². The first-order valence-electron chi connectivity index (χ1n) is 6.52. The van der Waals surface area contributed by atoms with Crippen LogP contribution >= 0.6 is 0 Å². The number of pyridine rings is 1. The van der Waals surface area contributed by atoms with Gasteiger partial charge in [-0.3, -0.25) is 0 Å². The number of imidazole rings is 1. The zero-order valence-corrected chi connectivity index (χ0v) is 11.0. The summed E-state index contributed by atoms with van der Waals surface area (Å²) in [5.74, 6) is 0.529. The van der Waals surface area contributed by atoms with E-state index >= 15 is 0 Å². The molecule has 3 rings (SSSR count). The van der Waals surface area contributed by atoms with Crippen LogP contribution < -0.4 is 5.73 Å². The van der Waals surface area contributed by atoms with Crippen molar-refractivity contribution < 1.29 is 4.74 Å². The predicted octanol–water partition coefficient (Wildman–Crippen LogP) is 2.10. The number of aromatic nitrogens is 3. The number of hydrogen-bond donors (Lipinski definition) is 1. The van der Waals surface area contributed by atoms with Gasteiger partial charge in [0.05, 0.1) is 30.4 Å². The van der Waals surface area contributed by atoms with Crippen LogP contribution in [0.15, 0.2) is 30.9 Å². The van der Waals surface area contributed by atoms with Gasteiger partial charge in [-0.25, -0.2) is 9.97 Å². The molecule has 5 heteroatoms. The van der Waals surface area contributed by atoms with Gasteiger partial charge in [0.1, 0.15) is 5.82 Å². The highest BCUT2D eigenvalue weighted by Crippen LogP contribution is 2.29. The van der Waals surface area contributed by atoms with Gasteiger partial charge >= 0.3 is 0 Å². The van der Waals surface area contributed by atoms with E-state index in [1.807, 2.05) is 18.6 Å². The molecule has 3 heterocycles. The second-order valence-electron chi connectivity index (χ2n) is 5.28. The zero-order chi connectivity index (χ0) is 13.3. The van der Waals surface area contributed by atoms with Crippen LogP contribution in [0.5, 0.6) is 0 Å². The van der Waals surface area contributed by atoms with Crippen LogP contribution in [0, 0.1) is 0 Å². The summed E-state index contributed by atoms with van der Waals surface area (Å²) >= 11 is 0. The molecule has 1 unspecified atom stereocenters. The molecule has 0 bridgehead atoms. The van der Waals surface area contributed by atoms with Crippen molar-refractivity contribution in [2.45, 2.75) is 31.9 Å². The molecule has 1 atom stereocenters. The summed E-state index contributed by atoms with van der Waals surface area (Å²) in [6.07, 6.45) is 7.69. The van der Waals surface area contributed by atoms with Crippen molar-refractivity contribution in [2.75, 3.05) is 12.3 Å². The average molecular weight is 258 g/mol. The first kappa shape index (κ1) is 12.2. The molecule has 5 nitrogen and oxygen atoms in total. The van der Waals surface area contributed by atoms with Gasteiger partial charge in [0.15, 0.2) is 0 Å². The molecule has 0 spiro atoms. The molecule has 0 radical (unpaired) electrons. The topological polar surface area (TPSA) is 66.0 Å². The molecule has 0 amide bonds. The third-order valence-electron chi connectivity index (χ3n) is 3.60. The van der Waals surface area contributed by atoms with Crippen molar-refractivity contribution in [1.82, 2.24) is 14.5 Å². The molecule has 1 saturated heterocycles. The predicted molar refractivity (Wildman–Crippen MR) is 73.5 cm³/mol. The maximum absolute atomic E-state index is 5.84. The summed E-state index contributed by atoms with van der Waals surface area (Å²) in [6, 6.07) is 3.77. The van der Waals surface area contributed by atoms with Crippen LogP contribution in [-0.2, 0) is 11.3 Å². The number of ether oxygens (including phenoxy) is 1. The molecule has 2 N–H and O–H groups in total. The molecular weight excluding hydrogens is 240 g/mol. The monoisotopic (exact) mass is 258 g/mol. The molecule has 19 heavy (non-hydrogen) atoms. The number of nitrogens with two attached hydrogens (primary N) is 1. The Hall–Kier alpha value is -1.88. The lowest BCUT2D eigenvalue weighted by molar-refractivity contribution is 0.00654. The van der Waals surface area contributed by atoms with E-state index in [0.717, 1.165) is 37.3 Å². The van der Waals surface area contributed by atoms with Crippen molar-refractivity contribution in [3.63, 3.8) is 0 Å². The van der Waals surface area contributed by atoms with Crippen molar-refractivity contribution >= 4 is 5.82 Å². The normalized spacial score (nSPS) is 22.8. The SMILES string of the molecule is CC1(Cn2cncc2-c2ccc(N)nc2)CCCO1. The fourth-order valence-corrected chi connectivity index (χ4v) is 2.57. The smallest absolute Gasteiger partial charge is 0.123 e. The van der Waals surface area contributed by atoms with E-state index < -0.39 is 0 Å². The van der Waals surface area contributed by atoms with E-state index in [-0.39, 0.29) is 5.60 Å². The Morgan fingerprint density at radius 1 is 1.42 bits per heavy atom. The van der Waals surface area contributed by atoms with Gasteiger partial charge in [0.25, 0.3) is 0 Å². The fraction of sp³-hybridized carbons (Fsp3) is 0.429. The highest BCUT2D eigenvalue weighted by molar-refractivity contribution is 5.59. The number of nitrogen functional groups attached to an aromatic ring is 1. The lowest BCUT2D eigenvalue weighted by atomic mass is 10.0. The second-order valence-corrected chi connectivity index (χ2v) is 5.28. The Morgan fingerprint density at radius 3 is 3.00 bits per heavy atom. The van der Waals surface area contributed by atoms with Crippen molar-refractivity contribution in [2.24, 2.45) is 0 Å². The van der Waals surface area contributed by atoms with E-state index in [0.29, 0.717) is 5.82 Å². The summed E-state index contributed by atoms with van der Waals surface area (Å²) in [5, 5.41) is 0. The molecule has 0 aromatic carbocycles. The Morgan fingerprint density at radius 2 is 2.32 bits per heavy atom. The van der Waals surface area contributed by atoms with Gasteiger partial charge in [-0.05, 0) is 31.9 Å². The van der Waals surface area contributed by atoms with E-state index in [2.05, 4.69) is 21.5 Å². The van der Waals surface area contributed by atoms with Crippen molar-refractivity contribution in [3.8, 4) is 11.3 Å². The Labute approximate surface area is 112 Å². The van der Waals surface area contributed by atoms with E-state index in [9.17, 15) is 0 Å². The fourth-order valence-electron chi connectivity index (χ4n) is 2.57. The zero-order valence-electron chi connectivity index (χ0n) is 11.0. The third-order valence-corrected chi connectivity index (χ3v) is 3.60. The van der Waals surface area contributed by atoms with Gasteiger partial charge in [-0.15, -0.1) is 0 Å². The molecule has 100 valence electrons. The highest BCUT2D eigenvalue weighted by atomic mass is 16.5. The van der Waals surface area contributed by atoms with Crippen LogP contribution in [0.25, 0.3) is 11.3 Å². The molecular formula is C14H18N4O. The van der Waals surface area contributed by atoms with Gasteiger partial charge in [0, 0.05) is 18.4 Å². The van der Waals surface area contributed by atoms with Crippen LogP contribution in [0.2, 0.25) is 0 Å². The van der Waals surface area contributed by atoms with Gasteiger partial charge in [-0.1, -0.05) is 0 Å².